The summed E-state index contributed by atoms with van der Waals surface area (Å²) in [6.45, 7) is 0. The predicted molar refractivity (Wildman–Crippen MR) is 131 cm³/mol. The van der Waals surface area contributed by atoms with E-state index >= 15 is 0 Å². The van der Waals surface area contributed by atoms with Crippen molar-refractivity contribution in [1.82, 2.24) is 8.75 Å². The molecule has 0 unspecified atom stereocenters. The molecule has 2 N–H and O–H groups in total. The van der Waals surface area contributed by atoms with E-state index in [1.165, 1.54) is 69.4 Å². The van der Waals surface area contributed by atoms with Crippen molar-refractivity contribution < 1.29 is 0 Å². The molecule has 0 radical (unpaired) electrons. The van der Waals surface area contributed by atoms with Crippen LogP contribution in [0, 0.1) is 0 Å². The summed E-state index contributed by atoms with van der Waals surface area (Å²) in [4.78, 5) is 2.47. The maximum Gasteiger partial charge on any atom is 0.116 e. The first kappa shape index (κ1) is 19.0. The molecular weight excluding hydrogens is 449 g/mol. The van der Waals surface area contributed by atoms with Gasteiger partial charge in [0.05, 0.1) is 23.0 Å². The molecule has 3 heterocycles. The highest BCUT2D eigenvalue weighted by Gasteiger charge is 2.29. The minimum Gasteiger partial charge on any atom is -0.396 e. The molecule has 0 saturated heterocycles. The van der Waals surface area contributed by atoms with Gasteiger partial charge in [-0.25, -0.2) is 0 Å². The lowest BCUT2D eigenvalue weighted by atomic mass is 9.89. The van der Waals surface area contributed by atoms with Crippen molar-refractivity contribution >= 4 is 69.2 Å². The Balaban J connectivity index is 1.66. The number of nitrogens with zero attached hydrogens (tertiary/aromatic N) is 3. The fourth-order valence-corrected chi connectivity index (χ4v) is 8.18. The van der Waals surface area contributed by atoms with Gasteiger partial charge in [-0.05, 0) is 84.4 Å². The van der Waals surface area contributed by atoms with E-state index < -0.39 is 0 Å². The summed E-state index contributed by atoms with van der Waals surface area (Å²) in [7, 11) is 0. The van der Waals surface area contributed by atoms with Gasteiger partial charge in [0, 0.05) is 27.7 Å². The van der Waals surface area contributed by atoms with E-state index in [1.54, 1.807) is 22.7 Å². The fraction of sp³-hybridized carbons (Fsp3) is 0.364. The van der Waals surface area contributed by atoms with Crippen LogP contribution in [0.1, 0.15) is 47.9 Å². The molecule has 2 aliphatic carbocycles. The van der Waals surface area contributed by atoms with E-state index in [0.29, 0.717) is 11.4 Å². The molecule has 30 heavy (non-hydrogen) atoms. The number of hydrogen-bond acceptors (Lipinski definition) is 8. The summed E-state index contributed by atoms with van der Waals surface area (Å²) in [5, 5.41) is 4.59. The molecule has 0 spiro atoms. The summed E-state index contributed by atoms with van der Waals surface area (Å²) in [5.74, 6) is 0. The van der Waals surface area contributed by atoms with Crippen LogP contribution >= 0.6 is 34.4 Å². The predicted octanol–water partition coefficient (Wildman–Crippen LogP) is 6.85. The number of benzene rings is 1. The van der Waals surface area contributed by atoms with E-state index in [-0.39, 0.29) is 0 Å². The average Bonchev–Trinajstić information content (AvgIpc) is 3.51. The molecule has 3 aromatic heterocycles. The van der Waals surface area contributed by atoms with Gasteiger partial charge in [0.25, 0.3) is 0 Å². The van der Waals surface area contributed by atoms with E-state index in [2.05, 4.69) is 15.1 Å². The first-order valence-electron chi connectivity index (χ1n) is 10.4. The van der Waals surface area contributed by atoms with E-state index in [1.807, 2.05) is 0 Å². The smallest absolute Gasteiger partial charge is 0.116 e. The lowest BCUT2D eigenvalue weighted by Gasteiger charge is -2.18. The Bertz CT molecular complexity index is 1300. The van der Waals surface area contributed by atoms with Crippen LogP contribution in [0.15, 0.2) is 15.1 Å². The summed E-state index contributed by atoms with van der Waals surface area (Å²) in [6.07, 6.45) is 9.50. The van der Waals surface area contributed by atoms with Crippen LogP contribution < -0.4 is 5.73 Å². The molecule has 2 aliphatic rings. The average molecular weight is 469 g/mol. The zero-order chi connectivity index (χ0) is 20.2. The highest BCUT2D eigenvalue weighted by Crippen LogP contribution is 2.52. The Hall–Kier alpha value is -1.74. The monoisotopic (exact) mass is 468 g/mol. The summed E-state index contributed by atoms with van der Waals surface area (Å²) in [5.41, 5.74) is 17.8. The molecule has 1 aromatic carbocycles. The Morgan fingerprint density at radius 2 is 1.33 bits per heavy atom. The molecule has 4 nitrogen and oxygen atoms in total. The first-order valence-corrected chi connectivity index (χ1v) is 13.2. The van der Waals surface area contributed by atoms with Crippen LogP contribution in [0.2, 0.25) is 0 Å². The van der Waals surface area contributed by atoms with Crippen molar-refractivity contribution in [2.24, 2.45) is 4.36 Å². The number of anilines is 1. The molecule has 8 heteroatoms. The third kappa shape index (κ3) is 2.74. The van der Waals surface area contributed by atoms with Crippen molar-refractivity contribution in [1.29, 1.82) is 0 Å². The zero-order valence-electron chi connectivity index (χ0n) is 16.4. The van der Waals surface area contributed by atoms with Gasteiger partial charge in [0.1, 0.15) is 16.7 Å². The summed E-state index contributed by atoms with van der Waals surface area (Å²) in [6, 6.07) is 0. The highest BCUT2D eigenvalue weighted by molar-refractivity contribution is 7.47. The maximum absolute atomic E-state index is 6.81. The number of hydrogen-bond donors (Lipinski definition) is 1. The number of nitrogen functional groups attached to an aromatic ring is 1. The molecule has 152 valence electrons. The van der Waals surface area contributed by atoms with Crippen molar-refractivity contribution in [3.05, 3.63) is 33.0 Å². The first-order chi connectivity index (χ1) is 14.8. The second-order valence-corrected chi connectivity index (χ2v) is 10.6. The third-order valence-corrected chi connectivity index (χ3v) is 9.36. The van der Waals surface area contributed by atoms with Crippen LogP contribution in [0.4, 0.5) is 11.4 Å². The van der Waals surface area contributed by atoms with Crippen molar-refractivity contribution in [3.63, 3.8) is 0 Å². The van der Waals surface area contributed by atoms with Gasteiger partial charge in [0.2, 0.25) is 0 Å². The van der Waals surface area contributed by atoms with Gasteiger partial charge < -0.3 is 5.73 Å². The van der Waals surface area contributed by atoms with E-state index in [9.17, 15) is 0 Å². The topological polar surface area (TPSA) is 64.2 Å². The Morgan fingerprint density at radius 3 is 1.93 bits per heavy atom. The quantitative estimate of drug-likeness (QED) is 0.334. The number of thiophene rings is 2. The van der Waals surface area contributed by atoms with Crippen LogP contribution in [-0.2, 0) is 38.1 Å². The Morgan fingerprint density at radius 1 is 0.800 bits per heavy atom. The molecule has 0 fully saturated rings. The molecule has 0 aliphatic heterocycles. The van der Waals surface area contributed by atoms with Gasteiger partial charge in [0.15, 0.2) is 0 Å². The molecule has 0 amide bonds. The van der Waals surface area contributed by atoms with E-state index in [0.717, 1.165) is 47.8 Å². The fourth-order valence-electron chi connectivity index (χ4n) is 5.01. The van der Waals surface area contributed by atoms with Crippen molar-refractivity contribution in [2.45, 2.75) is 51.4 Å². The van der Waals surface area contributed by atoms with Gasteiger partial charge in [-0.3, -0.25) is 0 Å². The minimum absolute atomic E-state index is 0.661. The maximum atomic E-state index is 6.81. The van der Waals surface area contributed by atoms with Crippen molar-refractivity contribution in [2.75, 3.05) is 5.73 Å². The summed E-state index contributed by atoms with van der Waals surface area (Å²) >= 11 is 10.1. The van der Waals surface area contributed by atoms with Crippen LogP contribution in [-0.4, -0.2) is 8.75 Å². The number of rotatable bonds is 3. The molecule has 0 bridgehead atoms. The number of aryl methyl sites for hydroxylation is 2. The molecule has 6 rings (SSSR count). The molecule has 0 saturated carbocycles. The van der Waals surface area contributed by atoms with Crippen LogP contribution in [0.25, 0.3) is 31.9 Å². The van der Waals surface area contributed by atoms with Crippen LogP contribution in [0.3, 0.4) is 0 Å². The minimum atomic E-state index is 0.661. The molecular formula is C22H20N4S4. The second kappa shape index (κ2) is 7.44. The lowest BCUT2D eigenvalue weighted by Crippen LogP contribution is -2.02. The molecule has 4 aromatic rings. The summed E-state index contributed by atoms with van der Waals surface area (Å²) < 4.78 is 13.8. The zero-order valence-corrected chi connectivity index (χ0v) is 19.6. The number of aromatic nitrogens is 2. The van der Waals surface area contributed by atoms with Gasteiger partial charge in [-0.15, -0.1) is 22.7 Å². The van der Waals surface area contributed by atoms with Crippen LogP contribution in [0.5, 0.6) is 0 Å². The largest absolute Gasteiger partial charge is 0.396 e. The SMILES string of the molecule is Nc1c(N=S)c(-c2scc3c2CCCC3)c2nsnc2c1-c1scc2c1CCCC2. The normalized spacial score (nSPS) is 15.9. The van der Waals surface area contributed by atoms with Gasteiger partial charge >= 0.3 is 0 Å². The van der Waals surface area contributed by atoms with E-state index in [4.69, 9.17) is 26.9 Å². The van der Waals surface area contributed by atoms with Crippen molar-refractivity contribution in [3.8, 4) is 20.9 Å². The number of nitrogens with two attached hydrogens (primary N) is 1. The standard InChI is InChI=1S/C22H20N4S4/c23-17-15(21-13-7-3-1-5-11(13)9-28-21)19-20(26-30-25-19)16(18(17)24-27)22-14-8-4-2-6-12(14)10-29-22/h9-10H,1-8,23H2. The molecule has 0 atom stereocenters. The van der Waals surface area contributed by atoms with Gasteiger partial charge in [-0.1, -0.05) is 0 Å². The lowest BCUT2D eigenvalue weighted by molar-refractivity contribution is 0.691. The third-order valence-electron chi connectivity index (χ3n) is 6.48. The second-order valence-electron chi connectivity index (χ2n) is 8.12. The highest BCUT2D eigenvalue weighted by atomic mass is 32.1. The Kier molecular flexibility index (Phi) is 4.71. The van der Waals surface area contributed by atoms with Gasteiger partial charge in [-0.2, -0.15) is 13.1 Å². The number of fused-ring (bicyclic) bond motifs is 3. The Labute approximate surface area is 192 Å².